The number of oxazole rings is 1. The van der Waals surface area contributed by atoms with Gasteiger partial charge in [-0.2, -0.15) is 0 Å². The highest BCUT2D eigenvalue weighted by Gasteiger charge is 2.17. The molecular formula is C12H15N3O3. The number of aryl methyl sites for hydroxylation is 1. The Labute approximate surface area is 104 Å². The van der Waals surface area contributed by atoms with Crippen LogP contribution in [0.5, 0.6) is 0 Å². The van der Waals surface area contributed by atoms with E-state index in [0.717, 1.165) is 5.56 Å². The van der Waals surface area contributed by atoms with Gasteiger partial charge in [0.05, 0.1) is 0 Å². The monoisotopic (exact) mass is 249 g/mol. The molecule has 6 nitrogen and oxygen atoms in total. The number of carbonyl (C=O) groups is 1. The smallest absolute Gasteiger partial charge is 0.320 e. The summed E-state index contributed by atoms with van der Waals surface area (Å²) in [5, 5.41) is 8.74. The van der Waals surface area contributed by atoms with E-state index in [9.17, 15) is 4.79 Å². The van der Waals surface area contributed by atoms with Crippen LogP contribution in [0.3, 0.4) is 0 Å². The lowest BCUT2D eigenvalue weighted by atomic mass is 10.0. The minimum atomic E-state index is -1.05. The summed E-state index contributed by atoms with van der Waals surface area (Å²) in [6.07, 6.45) is 0.178. The molecule has 0 radical (unpaired) electrons. The maximum Gasteiger partial charge on any atom is 0.320 e. The summed E-state index contributed by atoms with van der Waals surface area (Å²) >= 11 is 0. The fraction of sp³-hybridized carbons (Fsp3) is 0.333. The largest absolute Gasteiger partial charge is 0.480 e. The highest BCUT2D eigenvalue weighted by molar-refractivity contribution is 5.74. The van der Waals surface area contributed by atoms with Crippen molar-refractivity contribution >= 4 is 17.1 Å². The van der Waals surface area contributed by atoms with Gasteiger partial charge in [0.15, 0.2) is 11.5 Å². The van der Waals surface area contributed by atoms with E-state index in [2.05, 4.69) is 4.98 Å². The highest BCUT2D eigenvalue weighted by atomic mass is 16.4. The SMILES string of the molecule is Cc1nc2cc(C(N)CC(N)C(=O)O)ccc2o1. The average Bonchev–Trinajstić information content (AvgIpc) is 2.67. The molecule has 1 aromatic heterocycles. The highest BCUT2D eigenvalue weighted by Crippen LogP contribution is 2.22. The number of nitrogens with zero attached hydrogens (tertiary/aromatic N) is 1. The third-order valence-corrected chi connectivity index (χ3v) is 2.77. The van der Waals surface area contributed by atoms with E-state index in [-0.39, 0.29) is 6.42 Å². The molecule has 1 aromatic carbocycles. The summed E-state index contributed by atoms with van der Waals surface area (Å²) in [5.41, 5.74) is 13.6. The lowest BCUT2D eigenvalue weighted by Gasteiger charge is -2.14. The van der Waals surface area contributed by atoms with Gasteiger partial charge in [0, 0.05) is 13.0 Å². The first-order valence-corrected chi connectivity index (χ1v) is 5.58. The zero-order chi connectivity index (χ0) is 13.3. The van der Waals surface area contributed by atoms with Gasteiger partial charge in [0.2, 0.25) is 0 Å². The Kier molecular flexibility index (Phi) is 3.31. The minimum Gasteiger partial charge on any atom is -0.480 e. The summed E-state index contributed by atoms with van der Waals surface area (Å²) in [5.74, 6) is -0.471. The van der Waals surface area contributed by atoms with Crippen LogP contribution >= 0.6 is 0 Å². The van der Waals surface area contributed by atoms with Gasteiger partial charge in [0.1, 0.15) is 11.6 Å². The number of carboxylic acids is 1. The van der Waals surface area contributed by atoms with Crippen molar-refractivity contribution in [2.75, 3.05) is 0 Å². The van der Waals surface area contributed by atoms with Crippen LogP contribution in [-0.4, -0.2) is 22.1 Å². The van der Waals surface area contributed by atoms with Gasteiger partial charge >= 0.3 is 5.97 Å². The quantitative estimate of drug-likeness (QED) is 0.742. The number of fused-ring (bicyclic) bond motifs is 1. The molecule has 6 heteroatoms. The molecule has 0 aliphatic carbocycles. The van der Waals surface area contributed by atoms with Crippen molar-refractivity contribution in [3.8, 4) is 0 Å². The molecule has 0 aliphatic heterocycles. The van der Waals surface area contributed by atoms with Crippen molar-refractivity contribution in [3.63, 3.8) is 0 Å². The molecule has 2 rings (SSSR count). The molecule has 0 spiro atoms. The molecule has 0 amide bonds. The first-order valence-electron chi connectivity index (χ1n) is 5.58. The molecule has 0 saturated heterocycles. The number of aliphatic carboxylic acids is 1. The number of aromatic nitrogens is 1. The molecule has 0 bridgehead atoms. The van der Waals surface area contributed by atoms with Gasteiger partial charge in [-0.05, 0) is 24.1 Å². The lowest BCUT2D eigenvalue weighted by Crippen LogP contribution is -2.33. The summed E-state index contributed by atoms with van der Waals surface area (Å²) in [4.78, 5) is 14.9. The Hall–Kier alpha value is -1.92. The van der Waals surface area contributed by atoms with E-state index in [4.69, 9.17) is 21.0 Å². The molecular weight excluding hydrogens is 234 g/mol. The Bertz CT molecular complexity index is 579. The van der Waals surface area contributed by atoms with E-state index in [0.29, 0.717) is 17.0 Å². The standard InChI is InChI=1S/C12H15N3O3/c1-6-15-10-4-7(2-3-11(10)18-6)8(13)5-9(14)12(16)17/h2-4,8-9H,5,13-14H2,1H3,(H,16,17). The van der Waals surface area contributed by atoms with Gasteiger partial charge in [-0.3, -0.25) is 4.79 Å². The van der Waals surface area contributed by atoms with E-state index in [1.54, 1.807) is 25.1 Å². The predicted molar refractivity (Wildman–Crippen MR) is 65.9 cm³/mol. The second-order valence-electron chi connectivity index (χ2n) is 4.25. The van der Waals surface area contributed by atoms with Crippen LogP contribution in [0.25, 0.3) is 11.1 Å². The Morgan fingerprint density at radius 2 is 2.22 bits per heavy atom. The fourth-order valence-corrected chi connectivity index (χ4v) is 1.80. The van der Waals surface area contributed by atoms with Crippen molar-refractivity contribution in [2.24, 2.45) is 11.5 Å². The van der Waals surface area contributed by atoms with E-state index < -0.39 is 18.1 Å². The minimum absolute atomic E-state index is 0.178. The number of rotatable bonds is 4. The van der Waals surface area contributed by atoms with E-state index >= 15 is 0 Å². The fourth-order valence-electron chi connectivity index (χ4n) is 1.80. The van der Waals surface area contributed by atoms with Crippen molar-refractivity contribution in [1.82, 2.24) is 4.98 Å². The molecule has 18 heavy (non-hydrogen) atoms. The molecule has 1 heterocycles. The molecule has 0 fully saturated rings. The first kappa shape index (κ1) is 12.5. The molecule has 96 valence electrons. The van der Waals surface area contributed by atoms with Gasteiger partial charge in [0.25, 0.3) is 0 Å². The van der Waals surface area contributed by atoms with Crippen molar-refractivity contribution in [1.29, 1.82) is 0 Å². The Morgan fingerprint density at radius 3 is 2.89 bits per heavy atom. The van der Waals surface area contributed by atoms with Gasteiger partial charge in [-0.1, -0.05) is 6.07 Å². The van der Waals surface area contributed by atoms with E-state index in [1.165, 1.54) is 0 Å². The van der Waals surface area contributed by atoms with Crippen LogP contribution in [0, 0.1) is 6.92 Å². The first-order chi connectivity index (χ1) is 8.47. The van der Waals surface area contributed by atoms with Crippen LogP contribution in [0.4, 0.5) is 0 Å². The predicted octanol–water partition coefficient (Wildman–Crippen LogP) is 0.938. The maximum absolute atomic E-state index is 10.7. The van der Waals surface area contributed by atoms with Crippen LogP contribution < -0.4 is 11.5 Å². The zero-order valence-corrected chi connectivity index (χ0v) is 9.96. The topological polar surface area (TPSA) is 115 Å². The summed E-state index contributed by atoms with van der Waals surface area (Å²) in [7, 11) is 0. The average molecular weight is 249 g/mol. The molecule has 2 aromatic rings. The van der Waals surface area contributed by atoms with Crippen molar-refractivity contribution < 1.29 is 14.3 Å². The Morgan fingerprint density at radius 1 is 1.50 bits per heavy atom. The molecule has 5 N–H and O–H groups in total. The number of benzene rings is 1. The number of carboxylic acid groups (broad SMARTS) is 1. The lowest BCUT2D eigenvalue weighted by molar-refractivity contribution is -0.138. The summed E-state index contributed by atoms with van der Waals surface area (Å²) in [6.45, 7) is 1.76. The van der Waals surface area contributed by atoms with Gasteiger partial charge in [-0.25, -0.2) is 4.98 Å². The maximum atomic E-state index is 10.7. The molecule has 2 unspecified atom stereocenters. The molecule has 2 atom stereocenters. The number of hydrogen-bond donors (Lipinski definition) is 3. The van der Waals surface area contributed by atoms with Gasteiger partial charge in [-0.15, -0.1) is 0 Å². The summed E-state index contributed by atoms with van der Waals surface area (Å²) < 4.78 is 5.35. The van der Waals surface area contributed by atoms with Crippen LogP contribution in [-0.2, 0) is 4.79 Å². The summed E-state index contributed by atoms with van der Waals surface area (Å²) in [6, 6.07) is 3.97. The van der Waals surface area contributed by atoms with E-state index in [1.807, 2.05) is 0 Å². The Balaban J connectivity index is 2.22. The zero-order valence-electron chi connectivity index (χ0n) is 9.96. The van der Waals surface area contributed by atoms with Crippen LogP contribution in [0.15, 0.2) is 22.6 Å². The number of nitrogens with two attached hydrogens (primary N) is 2. The third kappa shape index (κ3) is 2.49. The second kappa shape index (κ2) is 4.75. The van der Waals surface area contributed by atoms with Crippen LogP contribution in [0.2, 0.25) is 0 Å². The molecule has 0 aliphatic rings. The van der Waals surface area contributed by atoms with Crippen molar-refractivity contribution in [3.05, 3.63) is 29.7 Å². The van der Waals surface area contributed by atoms with Crippen LogP contribution in [0.1, 0.15) is 23.9 Å². The third-order valence-electron chi connectivity index (χ3n) is 2.77. The number of hydrogen-bond acceptors (Lipinski definition) is 5. The normalized spacial score (nSPS) is 14.6. The van der Waals surface area contributed by atoms with Crippen molar-refractivity contribution in [2.45, 2.75) is 25.4 Å². The van der Waals surface area contributed by atoms with Gasteiger partial charge < -0.3 is 21.0 Å². The second-order valence-corrected chi connectivity index (χ2v) is 4.25. The molecule has 0 saturated carbocycles.